The molecule has 0 N–H and O–H groups in total. The number of hydrogen-bond donors (Lipinski definition) is 0. The molecule has 84 valence electrons. The first-order valence-corrected chi connectivity index (χ1v) is 5.56. The molecular formula is C10H11Cl2N4+. The summed E-state index contributed by atoms with van der Waals surface area (Å²) < 4.78 is 0. The van der Waals surface area contributed by atoms with Crippen LogP contribution in [0.2, 0.25) is 10.0 Å². The van der Waals surface area contributed by atoms with Crippen molar-refractivity contribution in [1.82, 2.24) is 15.4 Å². The van der Waals surface area contributed by atoms with Gasteiger partial charge in [0, 0.05) is 5.02 Å². The SMILES string of the molecule is CC(C)(C)[n+]1nnc2c(Cl)cc(Cl)cc2n1. The lowest BCUT2D eigenvalue weighted by Crippen LogP contribution is -2.56. The largest absolute Gasteiger partial charge is 0.251 e. The topological polar surface area (TPSA) is 42.5 Å². The minimum Gasteiger partial charge on any atom is -0.0842 e. The third-order valence-electron chi connectivity index (χ3n) is 2.04. The molecular weight excluding hydrogens is 247 g/mol. The normalized spacial score (nSPS) is 12.1. The molecule has 2 rings (SSSR count). The Balaban J connectivity index is 2.71. The van der Waals surface area contributed by atoms with Gasteiger partial charge in [-0.25, -0.2) is 0 Å². The summed E-state index contributed by atoms with van der Waals surface area (Å²) in [5, 5.41) is 13.4. The highest BCUT2D eigenvalue weighted by atomic mass is 35.5. The fraction of sp³-hybridized carbons (Fsp3) is 0.400. The molecule has 6 heteroatoms. The van der Waals surface area contributed by atoms with E-state index < -0.39 is 0 Å². The van der Waals surface area contributed by atoms with Crippen LogP contribution in [0.5, 0.6) is 0 Å². The molecule has 16 heavy (non-hydrogen) atoms. The summed E-state index contributed by atoms with van der Waals surface area (Å²) in [6.07, 6.45) is 0. The van der Waals surface area contributed by atoms with Gasteiger partial charge >= 0.3 is 0 Å². The zero-order valence-corrected chi connectivity index (χ0v) is 10.7. The maximum Gasteiger partial charge on any atom is 0.251 e. The van der Waals surface area contributed by atoms with Crippen LogP contribution in [0, 0.1) is 0 Å². The minimum atomic E-state index is -0.226. The first kappa shape index (κ1) is 11.5. The zero-order valence-electron chi connectivity index (χ0n) is 9.20. The Kier molecular flexibility index (Phi) is 2.72. The van der Waals surface area contributed by atoms with Crippen LogP contribution >= 0.6 is 23.2 Å². The van der Waals surface area contributed by atoms with Gasteiger partial charge < -0.3 is 0 Å². The van der Waals surface area contributed by atoms with Crippen molar-refractivity contribution in [3.05, 3.63) is 22.2 Å². The first-order chi connectivity index (χ1) is 7.38. The lowest BCUT2D eigenvalue weighted by Gasteiger charge is -2.10. The molecule has 0 aliphatic rings. The Morgan fingerprint density at radius 3 is 2.50 bits per heavy atom. The highest BCUT2D eigenvalue weighted by Crippen LogP contribution is 2.23. The van der Waals surface area contributed by atoms with Crippen LogP contribution in [0.15, 0.2) is 12.1 Å². The molecule has 0 fully saturated rings. The predicted molar refractivity (Wildman–Crippen MR) is 62.5 cm³/mol. The lowest BCUT2D eigenvalue weighted by atomic mass is 10.1. The van der Waals surface area contributed by atoms with Crippen LogP contribution in [0.3, 0.4) is 0 Å². The highest BCUT2D eigenvalue weighted by molar-refractivity contribution is 6.38. The van der Waals surface area contributed by atoms with Crippen molar-refractivity contribution in [2.45, 2.75) is 26.3 Å². The molecule has 0 aliphatic carbocycles. The molecule has 4 nitrogen and oxygen atoms in total. The molecule has 1 aromatic heterocycles. The maximum atomic E-state index is 5.99. The lowest BCUT2D eigenvalue weighted by molar-refractivity contribution is -0.857. The molecule has 0 saturated carbocycles. The summed E-state index contributed by atoms with van der Waals surface area (Å²) in [5.41, 5.74) is 0.977. The Hall–Kier alpha value is -1.00. The monoisotopic (exact) mass is 257 g/mol. The number of aromatic nitrogens is 4. The average Bonchev–Trinajstić information content (AvgIpc) is 2.15. The summed E-state index contributed by atoms with van der Waals surface area (Å²) in [6.45, 7) is 5.98. The summed E-state index contributed by atoms with van der Waals surface area (Å²) in [7, 11) is 0. The van der Waals surface area contributed by atoms with Crippen LogP contribution in [0.1, 0.15) is 20.8 Å². The van der Waals surface area contributed by atoms with Crippen LogP contribution in [0.4, 0.5) is 0 Å². The maximum absolute atomic E-state index is 5.99. The second kappa shape index (κ2) is 3.79. The van der Waals surface area contributed by atoms with Crippen molar-refractivity contribution in [3.8, 4) is 0 Å². The second-order valence-electron chi connectivity index (χ2n) is 4.51. The van der Waals surface area contributed by atoms with Gasteiger partial charge in [-0.2, -0.15) is 0 Å². The van der Waals surface area contributed by atoms with Crippen molar-refractivity contribution < 1.29 is 4.80 Å². The molecule has 0 radical (unpaired) electrons. The molecule has 0 spiro atoms. The fourth-order valence-electron chi connectivity index (χ4n) is 1.22. The quantitative estimate of drug-likeness (QED) is 0.681. The Morgan fingerprint density at radius 1 is 1.19 bits per heavy atom. The second-order valence-corrected chi connectivity index (χ2v) is 5.35. The number of nitrogens with zero attached hydrogens (tertiary/aromatic N) is 4. The van der Waals surface area contributed by atoms with Crippen LogP contribution < -0.4 is 4.80 Å². The van der Waals surface area contributed by atoms with E-state index in [2.05, 4.69) is 15.4 Å². The van der Waals surface area contributed by atoms with Crippen LogP contribution in [0.25, 0.3) is 11.0 Å². The first-order valence-electron chi connectivity index (χ1n) is 4.80. The van der Waals surface area contributed by atoms with E-state index in [-0.39, 0.29) is 5.54 Å². The van der Waals surface area contributed by atoms with Gasteiger partial charge in [-0.3, -0.25) is 0 Å². The standard InChI is InChI=1S/C10H11Cl2N4/c1-10(2,3)16-14-8-5-6(11)4-7(12)9(8)13-15-16/h4-5H,1-3H3/q+1. The third kappa shape index (κ3) is 2.08. The Labute approximate surface area is 103 Å². The van der Waals surface area contributed by atoms with Gasteiger partial charge in [-0.15, -0.1) is 0 Å². The zero-order chi connectivity index (χ0) is 11.9. The predicted octanol–water partition coefficient (Wildman–Crippen LogP) is 2.37. The van der Waals surface area contributed by atoms with Gasteiger partial charge in [-0.05, 0) is 37.7 Å². The smallest absolute Gasteiger partial charge is 0.0842 e. The molecule has 0 aliphatic heterocycles. The molecule has 0 unspecified atom stereocenters. The molecule has 1 heterocycles. The van der Waals surface area contributed by atoms with Gasteiger partial charge in [0.1, 0.15) is 5.54 Å². The van der Waals surface area contributed by atoms with Crippen molar-refractivity contribution in [3.63, 3.8) is 0 Å². The van der Waals surface area contributed by atoms with Gasteiger partial charge in [0.15, 0.2) is 10.7 Å². The van der Waals surface area contributed by atoms with Crippen molar-refractivity contribution >= 4 is 34.2 Å². The number of rotatable bonds is 0. The molecule has 0 atom stereocenters. The number of halogens is 2. The van der Waals surface area contributed by atoms with Gasteiger partial charge in [0.05, 0.1) is 10.1 Å². The van der Waals surface area contributed by atoms with Gasteiger partial charge in [-0.1, -0.05) is 28.3 Å². The van der Waals surface area contributed by atoms with E-state index >= 15 is 0 Å². The minimum absolute atomic E-state index is 0.226. The number of benzene rings is 1. The highest BCUT2D eigenvalue weighted by Gasteiger charge is 2.24. The van der Waals surface area contributed by atoms with Crippen molar-refractivity contribution in [2.75, 3.05) is 0 Å². The average molecular weight is 258 g/mol. The molecule has 0 bridgehead atoms. The summed E-state index contributed by atoms with van der Waals surface area (Å²) in [4.78, 5) is 1.54. The van der Waals surface area contributed by atoms with Crippen molar-refractivity contribution in [1.29, 1.82) is 0 Å². The molecule has 2 aromatic rings. The van der Waals surface area contributed by atoms with Gasteiger partial charge in [0.2, 0.25) is 0 Å². The Bertz CT molecular complexity index is 548. The van der Waals surface area contributed by atoms with Crippen LogP contribution in [-0.4, -0.2) is 15.4 Å². The third-order valence-corrected chi connectivity index (χ3v) is 2.55. The summed E-state index contributed by atoms with van der Waals surface area (Å²) >= 11 is 11.9. The summed E-state index contributed by atoms with van der Waals surface area (Å²) in [5.74, 6) is 0. The van der Waals surface area contributed by atoms with Crippen molar-refractivity contribution in [2.24, 2.45) is 0 Å². The number of fused-ring (bicyclic) bond motifs is 1. The fourth-order valence-corrected chi connectivity index (χ4v) is 1.74. The van der Waals surface area contributed by atoms with Crippen LogP contribution in [-0.2, 0) is 5.54 Å². The van der Waals surface area contributed by atoms with Gasteiger partial charge in [0.25, 0.3) is 5.52 Å². The molecule has 0 amide bonds. The van der Waals surface area contributed by atoms with E-state index in [4.69, 9.17) is 23.2 Å². The van der Waals surface area contributed by atoms with E-state index in [1.165, 1.54) is 0 Å². The van der Waals surface area contributed by atoms with E-state index in [0.29, 0.717) is 21.1 Å². The Morgan fingerprint density at radius 2 is 1.88 bits per heavy atom. The van der Waals surface area contributed by atoms with E-state index in [9.17, 15) is 0 Å². The molecule has 0 saturated heterocycles. The van der Waals surface area contributed by atoms with E-state index in [1.807, 2.05) is 20.8 Å². The summed E-state index contributed by atoms with van der Waals surface area (Å²) in [6, 6.07) is 3.35. The van der Waals surface area contributed by atoms with E-state index in [1.54, 1.807) is 16.9 Å². The number of hydrogen-bond acceptors (Lipinski definition) is 3. The molecule has 1 aromatic carbocycles. The van der Waals surface area contributed by atoms with E-state index in [0.717, 1.165) is 0 Å².